The van der Waals surface area contributed by atoms with Crippen LogP contribution in [0.3, 0.4) is 0 Å². The minimum Gasteiger partial charge on any atom is -0.370 e. The van der Waals surface area contributed by atoms with Gasteiger partial charge in [-0.3, -0.25) is 4.79 Å². The molecule has 1 aromatic rings. The molecule has 0 spiro atoms. The van der Waals surface area contributed by atoms with Crippen molar-refractivity contribution >= 4 is 36.5 Å². The number of hydrogen-bond donors (Lipinski definition) is 3. The second kappa shape index (κ2) is 11.5. The summed E-state index contributed by atoms with van der Waals surface area (Å²) in [6, 6.07) is 3.99. The number of amides is 1. The molecule has 1 saturated heterocycles. The van der Waals surface area contributed by atoms with Gasteiger partial charge >= 0.3 is 0 Å². The largest absolute Gasteiger partial charge is 0.370 e. The molecule has 0 aliphatic carbocycles. The summed E-state index contributed by atoms with van der Waals surface area (Å²) in [7, 11) is 1.62. The number of methoxy groups -OCH3 is 1. The second-order valence-corrected chi connectivity index (χ2v) is 5.71. The number of ether oxygens (including phenoxy) is 1. The van der Waals surface area contributed by atoms with Crippen molar-refractivity contribution in [3.63, 3.8) is 0 Å². The quantitative estimate of drug-likeness (QED) is 0.632. The van der Waals surface area contributed by atoms with Gasteiger partial charge in [0.05, 0.1) is 0 Å². The molecule has 1 aromatic heterocycles. The highest BCUT2D eigenvalue weighted by atomic mass is 35.5. The molecule has 3 N–H and O–H groups in total. The summed E-state index contributed by atoms with van der Waals surface area (Å²) in [4.78, 5) is 16.6. The zero-order valence-corrected chi connectivity index (χ0v) is 15.9. The van der Waals surface area contributed by atoms with Crippen LogP contribution in [-0.4, -0.2) is 49.8 Å². The fourth-order valence-corrected chi connectivity index (χ4v) is 2.59. The Morgan fingerprint density at radius 3 is 2.58 bits per heavy atom. The SMILES string of the molecule is COC1(C(=O)NCCCNc2ccc(C)cn2)CCNCC1.Cl.Cl. The predicted molar refractivity (Wildman–Crippen MR) is 101 cm³/mol. The summed E-state index contributed by atoms with van der Waals surface area (Å²) in [5.74, 6) is 0.869. The van der Waals surface area contributed by atoms with Crippen LogP contribution in [0.25, 0.3) is 0 Å². The Labute approximate surface area is 156 Å². The lowest BCUT2D eigenvalue weighted by molar-refractivity contribution is -0.146. The first-order valence-corrected chi connectivity index (χ1v) is 7.87. The molecule has 0 bridgehead atoms. The van der Waals surface area contributed by atoms with Crippen molar-refractivity contribution in [1.29, 1.82) is 0 Å². The van der Waals surface area contributed by atoms with E-state index in [2.05, 4.69) is 20.9 Å². The van der Waals surface area contributed by atoms with E-state index < -0.39 is 5.60 Å². The highest BCUT2D eigenvalue weighted by Gasteiger charge is 2.39. The van der Waals surface area contributed by atoms with E-state index in [1.54, 1.807) is 7.11 Å². The number of halogens is 2. The molecule has 2 rings (SSSR count). The fraction of sp³-hybridized carbons (Fsp3) is 0.625. The van der Waals surface area contributed by atoms with Crippen LogP contribution in [-0.2, 0) is 9.53 Å². The number of pyridine rings is 1. The molecule has 0 atom stereocenters. The lowest BCUT2D eigenvalue weighted by atomic mass is 9.91. The van der Waals surface area contributed by atoms with Gasteiger partial charge < -0.3 is 20.7 Å². The van der Waals surface area contributed by atoms with Crippen molar-refractivity contribution in [3.05, 3.63) is 23.9 Å². The van der Waals surface area contributed by atoms with Crippen LogP contribution in [0, 0.1) is 6.92 Å². The van der Waals surface area contributed by atoms with Crippen molar-refractivity contribution in [2.75, 3.05) is 38.6 Å². The number of anilines is 1. The lowest BCUT2D eigenvalue weighted by Gasteiger charge is -2.34. The number of aryl methyl sites for hydroxylation is 1. The van der Waals surface area contributed by atoms with Crippen molar-refractivity contribution < 1.29 is 9.53 Å². The Kier molecular flexibility index (Phi) is 11.0. The van der Waals surface area contributed by atoms with E-state index in [-0.39, 0.29) is 30.7 Å². The highest BCUT2D eigenvalue weighted by molar-refractivity contribution is 5.86. The monoisotopic (exact) mass is 378 g/mol. The maximum Gasteiger partial charge on any atom is 0.252 e. The molecule has 0 aromatic carbocycles. The van der Waals surface area contributed by atoms with Crippen LogP contribution in [0.5, 0.6) is 0 Å². The molecule has 1 aliphatic heterocycles. The van der Waals surface area contributed by atoms with Crippen molar-refractivity contribution in [1.82, 2.24) is 15.6 Å². The number of carbonyl (C=O) groups is 1. The molecule has 0 radical (unpaired) electrons. The molecule has 1 amide bonds. The third-order valence-corrected chi connectivity index (χ3v) is 4.07. The van der Waals surface area contributed by atoms with Gasteiger partial charge in [0.2, 0.25) is 0 Å². The number of nitrogens with one attached hydrogen (secondary N) is 3. The topological polar surface area (TPSA) is 75.3 Å². The van der Waals surface area contributed by atoms with Gasteiger partial charge in [-0.25, -0.2) is 4.98 Å². The maximum atomic E-state index is 12.3. The molecule has 24 heavy (non-hydrogen) atoms. The highest BCUT2D eigenvalue weighted by Crippen LogP contribution is 2.22. The molecule has 1 fully saturated rings. The normalized spacial score (nSPS) is 15.6. The summed E-state index contributed by atoms with van der Waals surface area (Å²) in [6.45, 7) is 5.07. The number of hydrogen-bond acceptors (Lipinski definition) is 5. The molecule has 0 saturated carbocycles. The van der Waals surface area contributed by atoms with Crippen LogP contribution in [0.4, 0.5) is 5.82 Å². The van der Waals surface area contributed by atoms with Crippen LogP contribution in [0.15, 0.2) is 18.3 Å². The Balaban J connectivity index is 0.00000264. The fourth-order valence-electron chi connectivity index (χ4n) is 2.59. The van der Waals surface area contributed by atoms with Gasteiger partial charge in [-0.15, -0.1) is 24.8 Å². The van der Waals surface area contributed by atoms with Crippen molar-refractivity contribution in [2.45, 2.75) is 31.8 Å². The Morgan fingerprint density at radius 2 is 2.00 bits per heavy atom. The van der Waals surface area contributed by atoms with Gasteiger partial charge in [0.15, 0.2) is 0 Å². The molecule has 0 unspecified atom stereocenters. The first-order chi connectivity index (χ1) is 10.7. The van der Waals surface area contributed by atoms with E-state index in [4.69, 9.17) is 4.74 Å². The van der Waals surface area contributed by atoms with Gasteiger partial charge in [0.25, 0.3) is 5.91 Å². The molecule has 8 heteroatoms. The van der Waals surface area contributed by atoms with Gasteiger partial charge in [0, 0.05) is 26.4 Å². The van der Waals surface area contributed by atoms with E-state index in [1.807, 2.05) is 25.3 Å². The van der Waals surface area contributed by atoms with Gasteiger partial charge in [0.1, 0.15) is 11.4 Å². The summed E-state index contributed by atoms with van der Waals surface area (Å²) < 4.78 is 5.50. The van der Waals surface area contributed by atoms with E-state index in [0.29, 0.717) is 6.54 Å². The molecule has 1 aliphatic rings. The summed E-state index contributed by atoms with van der Waals surface area (Å²) in [6.07, 6.45) is 4.13. The van der Waals surface area contributed by atoms with Crippen LogP contribution in [0.1, 0.15) is 24.8 Å². The van der Waals surface area contributed by atoms with Gasteiger partial charge in [-0.1, -0.05) is 6.07 Å². The maximum absolute atomic E-state index is 12.3. The van der Waals surface area contributed by atoms with E-state index >= 15 is 0 Å². The minimum atomic E-state index is -0.656. The molecule has 2 heterocycles. The first-order valence-electron chi connectivity index (χ1n) is 7.87. The second-order valence-electron chi connectivity index (χ2n) is 5.71. The van der Waals surface area contributed by atoms with Crippen molar-refractivity contribution in [3.8, 4) is 0 Å². The van der Waals surface area contributed by atoms with E-state index in [1.165, 1.54) is 0 Å². The van der Waals surface area contributed by atoms with Crippen LogP contribution >= 0.6 is 24.8 Å². The zero-order chi connectivity index (χ0) is 15.8. The average molecular weight is 379 g/mol. The number of piperidine rings is 1. The first kappa shape index (κ1) is 22.9. The number of carbonyl (C=O) groups excluding carboxylic acids is 1. The van der Waals surface area contributed by atoms with Gasteiger partial charge in [-0.2, -0.15) is 0 Å². The van der Waals surface area contributed by atoms with Crippen LogP contribution < -0.4 is 16.0 Å². The zero-order valence-electron chi connectivity index (χ0n) is 14.3. The smallest absolute Gasteiger partial charge is 0.252 e. The number of rotatable bonds is 7. The number of nitrogens with zero attached hydrogens (tertiary/aromatic N) is 1. The van der Waals surface area contributed by atoms with Crippen LogP contribution in [0.2, 0.25) is 0 Å². The molecular formula is C16H28Cl2N4O2. The lowest BCUT2D eigenvalue weighted by Crippen LogP contribution is -2.54. The summed E-state index contributed by atoms with van der Waals surface area (Å²) in [5, 5.41) is 9.48. The Morgan fingerprint density at radius 1 is 1.29 bits per heavy atom. The van der Waals surface area contributed by atoms with Gasteiger partial charge in [-0.05, 0) is 50.9 Å². The predicted octanol–water partition coefficient (Wildman–Crippen LogP) is 1.92. The van der Waals surface area contributed by atoms with E-state index in [9.17, 15) is 4.79 Å². The Bertz CT molecular complexity index is 479. The standard InChI is InChI=1S/C16H26N4O2.2ClH/c1-13-4-5-14(20-12-13)18-8-3-9-19-15(21)16(22-2)6-10-17-11-7-16;;/h4-5,12,17H,3,6-11H2,1-2H3,(H,18,20)(H,19,21);2*1H. The molecule has 6 nitrogen and oxygen atoms in total. The minimum absolute atomic E-state index is 0. The third-order valence-electron chi connectivity index (χ3n) is 4.07. The van der Waals surface area contributed by atoms with E-state index in [0.717, 1.165) is 50.3 Å². The summed E-state index contributed by atoms with van der Waals surface area (Å²) in [5.41, 5.74) is 0.488. The number of aromatic nitrogens is 1. The third kappa shape index (κ3) is 6.43. The Hall–Kier alpha value is -1.08. The molecule has 138 valence electrons. The molecular weight excluding hydrogens is 351 g/mol. The van der Waals surface area contributed by atoms with Crippen molar-refractivity contribution in [2.24, 2.45) is 0 Å². The average Bonchev–Trinajstić information content (AvgIpc) is 2.56. The summed E-state index contributed by atoms with van der Waals surface area (Å²) >= 11 is 0.